The molecule has 0 aliphatic heterocycles. The first-order chi connectivity index (χ1) is 3.41. The molecule has 0 aliphatic rings. The smallest absolute Gasteiger partial charge is 0.261 e. The van der Waals surface area contributed by atoms with Crippen molar-refractivity contribution in [3.63, 3.8) is 0 Å². The highest BCUT2D eigenvalue weighted by molar-refractivity contribution is 7.85. The lowest BCUT2D eigenvalue weighted by molar-refractivity contribution is 0.277. The zero-order valence-electron chi connectivity index (χ0n) is 5.08. The van der Waals surface area contributed by atoms with Crippen molar-refractivity contribution in [3.8, 4) is 0 Å². The molecule has 5 heteroatoms. The maximum Gasteiger partial charge on any atom is 0.261 e. The van der Waals surface area contributed by atoms with Crippen LogP contribution in [0.25, 0.3) is 0 Å². The number of methoxy groups -OCH3 is 1. The van der Waals surface area contributed by atoms with Crippen molar-refractivity contribution in [2.24, 2.45) is 0 Å². The fraction of sp³-hybridized carbons (Fsp3) is 1.00. The number of hydrogen-bond donors (Lipinski definition) is 1. The summed E-state index contributed by atoms with van der Waals surface area (Å²) in [4.78, 5) is 0. The first-order valence-electron chi connectivity index (χ1n) is 1.74. The van der Waals surface area contributed by atoms with Crippen LogP contribution in [0.5, 0.6) is 0 Å². The standard InChI is InChI=1S/C2H6O.CH4O3S/c1-3-2;1-5(2,3)4/h1-2H3;1H3,(H,2,3,4). The van der Waals surface area contributed by atoms with Gasteiger partial charge in [0, 0.05) is 14.2 Å². The minimum atomic E-state index is -3.67. The second-order valence-electron chi connectivity index (χ2n) is 1.14. The molecule has 0 saturated heterocycles. The predicted molar refractivity (Wildman–Crippen MR) is 30.4 cm³/mol. The summed E-state index contributed by atoms with van der Waals surface area (Å²) in [5, 5.41) is 0. The third kappa shape index (κ3) is 8240. The Morgan fingerprint density at radius 1 is 1.38 bits per heavy atom. The van der Waals surface area contributed by atoms with E-state index < -0.39 is 10.1 Å². The molecular formula is C3H10O4S. The largest absolute Gasteiger partial charge is 0.388 e. The average molecular weight is 142 g/mol. The fourth-order valence-electron chi connectivity index (χ4n) is 0. The van der Waals surface area contributed by atoms with E-state index in [0.717, 1.165) is 0 Å². The van der Waals surface area contributed by atoms with Crippen molar-refractivity contribution < 1.29 is 17.7 Å². The minimum Gasteiger partial charge on any atom is -0.388 e. The van der Waals surface area contributed by atoms with E-state index in [2.05, 4.69) is 4.74 Å². The SMILES string of the molecule is COC.CS(=O)(=O)O. The van der Waals surface area contributed by atoms with E-state index >= 15 is 0 Å². The van der Waals surface area contributed by atoms with Gasteiger partial charge >= 0.3 is 0 Å². The summed E-state index contributed by atoms with van der Waals surface area (Å²) < 4.78 is 30.1. The fourth-order valence-corrected chi connectivity index (χ4v) is 0. The van der Waals surface area contributed by atoms with Gasteiger partial charge in [-0.25, -0.2) is 0 Å². The zero-order valence-corrected chi connectivity index (χ0v) is 5.90. The summed E-state index contributed by atoms with van der Waals surface area (Å²) in [6, 6.07) is 0. The van der Waals surface area contributed by atoms with Crippen LogP contribution >= 0.6 is 0 Å². The van der Waals surface area contributed by atoms with E-state index in [1.807, 2.05) is 0 Å². The molecule has 0 amide bonds. The third-order valence-corrected chi connectivity index (χ3v) is 0. The molecule has 0 bridgehead atoms. The summed E-state index contributed by atoms with van der Waals surface area (Å²) in [5.41, 5.74) is 0. The molecule has 0 unspecified atom stereocenters. The van der Waals surface area contributed by atoms with Gasteiger partial charge in [-0.05, 0) is 0 Å². The molecule has 0 saturated carbocycles. The van der Waals surface area contributed by atoms with E-state index in [4.69, 9.17) is 4.55 Å². The highest BCUT2D eigenvalue weighted by Crippen LogP contribution is 1.60. The monoisotopic (exact) mass is 142 g/mol. The molecule has 0 radical (unpaired) electrons. The summed E-state index contributed by atoms with van der Waals surface area (Å²) in [6.07, 6.45) is 0.715. The van der Waals surface area contributed by atoms with Crippen molar-refractivity contribution >= 4 is 10.1 Å². The van der Waals surface area contributed by atoms with Crippen LogP contribution in [0.4, 0.5) is 0 Å². The van der Waals surface area contributed by atoms with Crippen molar-refractivity contribution in [1.82, 2.24) is 0 Å². The van der Waals surface area contributed by atoms with Crippen molar-refractivity contribution in [1.29, 1.82) is 0 Å². The topological polar surface area (TPSA) is 63.6 Å². The lowest BCUT2D eigenvalue weighted by Crippen LogP contribution is -1.88. The molecule has 0 aromatic heterocycles. The summed E-state index contributed by atoms with van der Waals surface area (Å²) in [5.74, 6) is 0. The Morgan fingerprint density at radius 2 is 1.38 bits per heavy atom. The predicted octanol–water partition coefficient (Wildman–Crippen LogP) is -0.233. The molecule has 0 fully saturated rings. The highest BCUT2D eigenvalue weighted by atomic mass is 32.2. The molecule has 0 rings (SSSR count). The molecule has 0 heterocycles. The Hall–Kier alpha value is -0.130. The maximum atomic E-state index is 9.19. The Balaban J connectivity index is 0. The van der Waals surface area contributed by atoms with Gasteiger partial charge in [0.15, 0.2) is 0 Å². The number of rotatable bonds is 0. The van der Waals surface area contributed by atoms with Gasteiger partial charge in [0.25, 0.3) is 10.1 Å². The Kier molecular flexibility index (Phi) is 6.76. The van der Waals surface area contributed by atoms with E-state index in [-0.39, 0.29) is 0 Å². The van der Waals surface area contributed by atoms with Gasteiger partial charge in [0.2, 0.25) is 0 Å². The van der Waals surface area contributed by atoms with Gasteiger partial charge in [-0.3, -0.25) is 4.55 Å². The third-order valence-electron chi connectivity index (χ3n) is 0. The van der Waals surface area contributed by atoms with Crippen LogP contribution in [0.3, 0.4) is 0 Å². The van der Waals surface area contributed by atoms with Gasteiger partial charge in [0.05, 0.1) is 6.26 Å². The lowest BCUT2D eigenvalue weighted by atomic mass is 11.6. The zero-order chi connectivity index (χ0) is 7.21. The van der Waals surface area contributed by atoms with Crippen LogP contribution < -0.4 is 0 Å². The molecule has 0 aromatic rings. The van der Waals surface area contributed by atoms with E-state index in [0.29, 0.717) is 6.26 Å². The molecule has 8 heavy (non-hydrogen) atoms. The Bertz CT molecular complexity index is 105. The van der Waals surface area contributed by atoms with Crippen LogP contribution in [0.2, 0.25) is 0 Å². The van der Waals surface area contributed by atoms with Crippen LogP contribution in [-0.2, 0) is 14.9 Å². The number of ether oxygens (including phenoxy) is 1. The van der Waals surface area contributed by atoms with E-state index in [9.17, 15) is 8.42 Å². The molecule has 0 aromatic carbocycles. The average Bonchev–Trinajstić information content (AvgIpc) is 1.27. The van der Waals surface area contributed by atoms with Crippen LogP contribution in [0, 0.1) is 0 Å². The molecule has 0 spiro atoms. The highest BCUT2D eigenvalue weighted by Gasteiger charge is 1.81. The summed E-state index contributed by atoms with van der Waals surface area (Å²) in [6.45, 7) is 0. The van der Waals surface area contributed by atoms with Gasteiger partial charge < -0.3 is 4.74 Å². The second kappa shape index (κ2) is 5.02. The molecule has 52 valence electrons. The minimum absolute atomic E-state index is 0.715. The molecule has 1 N–H and O–H groups in total. The van der Waals surface area contributed by atoms with Crippen molar-refractivity contribution in [3.05, 3.63) is 0 Å². The van der Waals surface area contributed by atoms with Crippen molar-refractivity contribution in [2.45, 2.75) is 0 Å². The van der Waals surface area contributed by atoms with Crippen LogP contribution in [-0.4, -0.2) is 33.4 Å². The lowest BCUT2D eigenvalue weighted by Gasteiger charge is -1.69. The van der Waals surface area contributed by atoms with E-state index in [1.54, 1.807) is 14.2 Å². The Labute approximate surface area is 49.2 Å². The second-order valence-corrected chi connectivity index (χ2v) is 2.61. The van der Waals surface area contributed by atoms with Gasteiger partial charge in [-0.1, -0.05) is 0 Å². The van der Waals surface area contributed by atoms with Crippen LogP contribution in [0.1, 0.15) is 0 Å². The molecule has 0 aliphatic carbocycles. The first kappa shape index (κ1) is 10.8. The van der Waals surface area contributed by atoms with Gasteiger partial charge in [0.1, 0.15) is 0 Å². The maximum absolute atomic E-state index is 9.19. The normalized spacial score (nSPS) is 9.50. The molecular weight excluding hydrogens is 132 g/mol. The van der Waals surface area contributed by atoms with E-state index in [1.165, 1.54) is 0 Å². The summed E-state index contributed by atoms with van der Waals surface area (Å²) in [7, 11) is -0.417. The summed E-state index contributed by atoms with van der Waals surface area (Å²) >= 11 is 0. The van der Waals surface area contributed by atoms with Gasteiger partial charge in [-0.2, -0.15) is 8.42 Å². The molecule has 4 nitrogen and oxygen atoms in total. The Morgan fingerprint density at radius 3 is 1.38 bits per heavy atom. The first-order valence-corrected chi connectivity index (χ1v) is 3.59. The molecule has 0 atom stereocenters. The number of hydrogen-bond acceptors (Lipinski definition) is 3. The van der Waals surface area contributed by atoms with Gasteiger partial charge in [-0.15, -0.1) is 0 Å². The van der Waals surface area contributed by atoms with Crippen LogP contribution in [0.15, 0.2) is 0 Å². The van der Waals surface area contributed by atoms with Crippen molar-refractivity contribution in [2.75, 3.05) is 20.5 Å². The quantitative estimate of drug-likeness (QED) is 0.474.